The molecule has 0 aliphatic heterocycles. The van der Waals surface area contributed by atoms with Gasteiger partial charge in [0.1, 0.15) is 5.15 Å². The highest BCUT2D eigenvalue weighted by molar-refractivity contribution is 14.1. The number of aromatic nitrogens is 4. The van der Waals surface area contributed by atoms with Crippen LogP contribution in [0.4, 0.5) is 0 Å². The number of halogens is 2. The summed E-state index contributed by atoms with van der Waals surface area (Å²) in [4.78, 5) is 8.96. The van der Waals surface area contributed by atoms with Crippen molar-refractivity contribution in [3.05, 3.63) is 26.8 Å². The minimum Gasteiger partial charge on any atom is -0.270 e. The van der Waals surface area contributed by atoms with Gasteiger partial charge >= 0.3 is 0 Å². The van der Waals surface area contributed by atoms with Crippen molar-refractivity contribution in [2.24, 2.45) is 0 Å². The molecular formula is C13H16ClIN4. The first-order chi connectivity index (χ1) is 9.02. The van der Waals surface area contributed by atoms with Crippen molar-refractivity contribution < 1.29 is 0 Å². The summed E-state index contributed by atoms with van der Waals surface area (Å²) in [7, 11) is 0. The van der Waals surface area contributed by atoms with Crippen LogP contribution in [-0.4, -0.2) is 19.7 Å². The molecule has 0 unspecified atom stereocenters. The highest BCUT2D eigenvalue weighted by Gasteiger charge is 2.13. The van der Waals surface area contributed by atoms with E-state index < -0.39 is 0 Å². The topological polar surface area (TPSA) is 43.6 Å². The Hall–Kier alpha value is -0.690. The second-order valence-corrected chi connectivity index (χ2v) is 6.09. The van der Waals surface area contributed by atoms with Crippen LogP contribution in [0.1, 0.15) is 38.9 Å². The third kappa shape index (κ3) is 3.25. The van der Waals surface area contributed by atoms with Crippen LogP contribution in [0.2, 0.25) is 5.15 Å². The number of nitrogens with zero attached hydrogens (tertiary/aromatic N) is 4. The van der Waals surface area contributed by atoms with Gasteiger partial charge in [-0.15, -0.1) is 0 Å². The lowest BCUT2D eigenvalue weighted by Gasteiger charge is -2.06. The van der Waals surface area contributed by atoms with E-state index in [-0.39, 0.29) is 0 Å². The summed E-state index contributed by atoms with van der Waals surface area (Å²) < 4.78 is 2.84. The first kappa shape index (κ1) is 14.7. The van der Waals surface area contributed by atoms with Crippen molar-refractivity contribution in [3.63, 3.8) is 0 Å². The van der Waals surface area contributed by atoms with E-state index in [9.17, 15) is 0 Å². The zero-order chi connectivity index (χ0) is 14.0. The van der Waals surface area contributed by atoms with E-state index in [0.29, 0.717) is 17.0 Å². The van der Waals surface area contributed by atoms with E-state index in [1.165, 1.54) is 0 Å². The molecule has 0 aromatic carbocycles. The molecule has 2 heterocycles. The highest BCUT2D eigenvalue weighted by atomic mass is 127. The Kier molecular flexibility index (Phi) is 4.78. The molecule has 2 aromatic heterocycles. The van der Waals surface area contributed by atoms with Gasteiger partial charge in [-0.3, -0.25) is 4.68 Å². The molecule has 0 aliphatic carbocycles. The smallest absolute Gasteiger partial charge is 0.164 e. The summed E-state index contributed by atoms with van der Waals surface area (Å²) in [6, 6.07) is 0.322. The van der Waals surface area contributed by atoms with Crippen LogP contribution in [0, 0.1) is 3.57 Å². The van der Waals surface area contributed by atoms with E-state index in [2.05, 4.69) is 58.4 Å². The van der Waals surface area contributed by atoms with Crippen molar-refractivity contribution in [2.45, 2.75) is 39.7 Å². The SMILES string of the molecule is CCCc1nc(-c2cnn(C(C)C)c2)nc(Cl)c1I. The quantitative estimate of drug-likeness (QED) is 0.582. The molecule has 19 heavy (non-hydrogen) atoms. The van der Waals surface area contributed by atoms with Crippen molar-refractivity contribution in [3.8, 4) is 11.4 Å². The summed E-state index contributed by atoms with van der Waals surface area (Å²) in [6.45, 7) is 6.30. The van der Waals surface area contributed by atoms with Crippen LogP contribution in [0.25, 0.3) is 11.4 Å². The Morgan fingerprint density at radius 1 is 1.37 bits per heavy atom. The van der Waals surface area contributed by atoms with Crippen LogP contribution >= 0.6 is 34.2 Å². The van der Waals surface area contributed by atoms with Crippen LogP contribution in [-0.2, 0) is 6.42 Å². The highest BCUT2D eigenvalue weighted by Crippen LogP contribution is 2.24. The maximum atomic E-state index is 6.19. The first-order valence-corrected chi connectivity index (χ1v) is 7.75. The fourth-order valence-electron chi connectivity index (χ4n) is 1.73. The third-order valence-corrected chi connectivity index (χ3v) is 4.48. The Morgan fingerprint density at radius 3 is 2.68 bits per heavy atom. The molecule has 0 atom stereocenters. The van der Waals surface area contributed by atoms with Gasteiger partial charge in [-0.25, -0.2) is 9.97 Å². The molecular weight excluding hydrogens is 375 g/mol. The molecule has 102 valence electrons. The molecule has 0 spiro atoms. The molecule has 2 rings (SSSR count). The van der Waals surface area contributed by atoms with Crippen LogP contribution < -0.4 is 0 Å². The molecule has 0 N–H and O–H groups in total. The van der Waals surface area contributed by atoms with E-state index in [0.717, 1.165) is 27.7 Å². The second kappa shape index (κ2) is 6.17. The molecule has 0 radical (unpaired) electrons. The molecule has 4 nitrogen and oxygen atoms in total. The largest absolute Gasteiger partial charge is 0.270 e. The van der Waals surface area contributed by atoms with E-state index >= 15 is 0 Å². The molecule has 0 bridgehead atoms. The van der Waals surface area contributed by atoms with E-state index in [4.69, 9.17) is 11.6 Å². The van der Waals surface area contributed by atoms with Crippen molar-refractivity contribution >= 4 is 34.2 Å². The third-order valence-electron chi connectivity index (χ3n) is 2.75. The predicted molar refractivity (Wildman–Crippen MR) is 85.4 cm³/mol. The first-order valence-electron chi connectivity index (χ1n) is 6.29. The summed E-state index contributed by atoms with van der Waals surface area (Å²) in [6.07, 6.45) is 5.69. The monoisotopic (exact) mass is 390 g/mol. The molecule has 0 aliphatic rings. The number of hydrogen-bond donors (Lipinski definition) is 0. The van der Waals surface area contributed by atoms with Crippen LogP contribution in [0.15, 0.2) is 12.4 Å². The van der Waals surface area contributed by atoms with E-state index in [1.807, 2.05) is 10.9 Å². The van der Waals surface area contributed by atoms with Gasteiger partial charge < -0.3 is 0 Å². The molecule has 0 amide bonds. The molecule has 6 heteroatoms. The van der Waals surface area contributed by atoms with E-state index in [1.54, 1.807) is 6.20 Å². The Bertz CT molecular complexity index is 580. The Labute approximate surface area is 131 Å². The lowest BCUT2D eigenvalue weighted by molar-refractivity contribution is 0.532. The molecule has 0 saturated carbocycles. The van der Waals surface area contributed by atoms with Gasteiger partial charge in [0.25, 0.3) is 0 Å². The fraction of sp³-hybridized carbons (Fsp3) is 0.462. The van der Waals surface area contributed by atoms with Gasteiger partial charge in [-0.05, 0) is 42.9 Å². The van der Waals surface area contributed by atoms with Crippen molar-refractivity contribution in [2.75, 3.05) is 0 Å². The Morgan fingerprint density at radius 2 is 2.11 bits per heavy atom. The number of aryl methyl sites for hydroxylation is 1. The summed E-state index contributed by atoms with van der Waals surface area (Å²) in [5.41, 5.74) is 1.92. The van der Waals surface area contributed by atoms with Gasteiger partial charge in [0.2, 0.25) is 0 Å². The average Bonchev–Trinajstić information content (AvgIpc) is 2.84. The second-order valence-electron chi connectivity index (χ2n) is 4.65. The fourth-order valence-corrected chi connectivity index (χ4v) is 2.43. The molecule has 0 fully saturated rings. The standard InChI is InChI=1S/C13H16ClIN4/c1-4-5-10-11(15)12(14)18-13(17-10)9-6-16-19(7-9)8(2)3/h6-8H,4-5H2,1-3H3. The molecule has 2 aromatic rings. The maximum Gasteiger partial charge on any atom is 0.164 e. The van der Waals surface area contributed by atoms with Crippen molar-refractivity contribution in [1.82, 2.24) is 19.7 Å². The van der Waals surface area contributed by atoms with Crippen molar-refractivity contribution in [1.29, 1.82) is 0 Å². The lowest BCUT2D eigenvalue weighted by Crippen LogP contribution is -2.01. The van der Waals surface area contributed by atoms with Gasteiger partial charge in [-0.2, -0.15) is 5.10 Å². The minimum atomic E-state index is 0.322. The average molecular weight is 391 g/mol. The van der Waals surface area contributed by atoms with Gasteiger partial charge in [0.15, 0.2) is 5.82 Å². The van der Waals surface area contributed by atoms with Crippen LogP contribution in [0.3, 0.4) is 0 Å². The van der Waals surface area contributed by atoms with Crippen LogP contribution in [0.5, 0.6) is 0 Å². The maximum absolute atomic E-state index is 6.19. The Balaban J connectivity index is 2.43. The predicted octanol–water partition coefficient (Wildman–Crippen LogP) is 4.13. The lowest BCUT2D eigenvalue weighted by atomic mass is 10.2. The molecule has 0 saturated heterocycles. The number of rotatable bonds is 4. The number of hydrogen-bond acceptors (Lipinski definition) is 3. The summed E-state index contributed by atoms with van der Waals surface area (Å²) in [5.74, 6) is 0.653. The summed E-state index contributed by atoms with van der Waals surface area (Å²) in [5, 5.41) is 4.83. The normalized spacial score (nSPS) is 11.3. The van der Waals surface area contributed by atoms with Gasteiger partial charge in [-0.1, -0.05) is 24.9 Å². The zero-order valence-electron chi connectivity index (χ0n) is 11.2. The minimum absolute atomic E-state index is 0.322. The van der Waals surface area contributed by atoms with Gasteiger partial charge in [0, 0.05) is 12.2 Å². The van der Waals surface area contributed by atoms with Gasteiger partial charge in [0.05, 0.1) is 21.0 Å². The zero-order valence-corrected chi connectivity index (χ0v) is 14.1. The summed E-state index contributed by atoms with van der Waals surface area (Å²) >= 11 is 8.39.